The van der Waals surface area contributed by atoms with Crippen LogP contribution in [0, 0.1) is 5.92 Å². The molecule has 1 saturated carbocycles. The smallest absolute Gasteiger partial charge is 0.242 e. The highest BCUT2D eigenvalue weighted by molar-refractivity contribution is 9.10. The minimum absolute atomic E-state index is 0.219. The van der Waals surface area contributed by atoms with Gasteiger partial charge in [0.25, 0.3) is 0 Å². The van der Waals surface area contributed by atoms with E-state index >= 15 is 0 Å². The minimum atomic E-state index is -1.45. The molecule has 1 fully saturated rings. The van der Waals surface area contributed by atoms with Gasteiger partial charge in [0.05, 0.1) is 6.04 Å². The lowest BCUT2D eigenvalue weighted by Crippen LogP contribution is -2.44. The van der Waals surface area contributed by atoms with Crippen LogP contribution in [0.4, 0.5) is 0 Å². The lowest BCUT2D eigenvalue weighted by Gasteiger charge is -2.20. The summed E-state index contributed by atoms with van der Waals surface area (Å²) in [4.78, 5) is 12.6. The van der Waals surface area contributed by atoms with E-state index in [1.165, 1.54) is 6.26 Å². The summed E-state index contributed by atoms with van der Waals surface area (Å²) in [5.41, 5.74) is 0.951. The van der Waals surface area contributed by atoms with Gasteiger partial charge < -0.3 is 5.32 Å². The maximum atomic E-state index is 12.6. The molecule has 3 nitrogen and oxygen atoms in total. The standard InChI is InChI=1S/C14H16BrCl2NO2S/c1-8(10-4-6-11(15)7-5-10)18-12(19)13(21(3)20)9(2)14(13,16)17/h4-9H,1-3H3,(H,18,19). The van der Waals surface area contributed by atoms with Gasteiger partial charge in [-0.1, -0.05) is 58.2 Å². The normalized spacial score (nSPS) is 29.5. The molecule has 0 bridgehead atoms. The average molecular weight is 413 g/mol. The maximum Gasteiger partial charge on any atom is 0.242 e. The molecule has 4 unspecified atom stereocenters. The average Bonchev–Trinajstić information content (AvgIpc) is 2.85. The Balaban J connectivity index is 2.18. The fourth-order valence-corrected chi connectivity index (χ4v) is 5.86. The van der Waals surface area contributed by atoms with Gasteiger partial charge in [0.1, 0.15) is 4.33 Å². The molecule has 1 N–H and O–H groups in total. The zero-order valence-corrected chi connectivity index (χ0v) is 15.7. The van der Waals surface area contributed by atoms with Crippen molar-refractivity contribution >= 4 is 55.8 Å². The van der Waals surface area contributed by atoms with Crippen molar-refractivity contribution in [3.8, 4) is 0 Å². The molecule has 1 aliphatic rings. The van der Waals surface area contributed by atoms with Crippen molar-refractivity contribution in [3.05, 3.63) is 34.3 Å². The van der Waals surface area contributed by atoms with Crippen LogP contribution in [-0.2, 0) is 15.6 Å². The molecule has 2 rings (SSSR count). The van der Waals surface area contributed by atoms with Crippen LogP contribution >= 0.6 is 39.1 Å². The number of hydrogen-bond donors (Lipinski definition) is 1. The molecule has 0 spiro atoms. The van der Waals surface area contributed by atoms with Gasteiger partial charge in [0.2, 0.25) is 5.91 Å². The van der Waals surface area contributed by atoms with Crippen molar-refractivity contribution < 1.29 is 9.00 Å². The first-order chi connectivity index (χ1) is 9.65. The summed E-state index contributed by atoms with van der Waals surface area (Å²) in [5, 5.41) is 2.87. The number of alkyl halides is 2. The van der Waals surface area contributed by atoms with Gasteiger partial charge in [-0.3, -0.25) is 9.00 Å². The number of benzene rings is 1. The molecular weight excluding hydrogens is 397 g/mol. The Morgan fingerprint density at radius 1 is 1.38 bits per heavy atom. The molecule has 0 saturated heterocycles. The van der Waals surface area contributed by atoms with E-state index in [9.17, 15) is 9.00 Å². The summed E-state index contributed by atoms with van der Waals surface area (Å²) < 4.78 is 10.5. The van der Waals surface area contributed by atoms with E-state index in [0.29, 0.717) is 0 Å². The number of nitrogens with one attached hydrogen (secondary N) is 1. The van der Waals surface area contributed by atoms with Crippen LogP contribution in [-0.4, -0.2) is 25.5 Å². The largest absolute Gasteiger partial charge is 0.348 e. The second-order valence-electron chi connectivity index (χ2n) is 5.28. The van der Waals surface area contributed by atoms with E-state index in [0.717, 1.165) is 10.0 Å². The zero-order valence-electron chi connectivity index (χ0n) is 11.8. The van der Waals surface area contributed by atoms with Crippen LogP contribution in [0.3, 0.4) is 0 Å². The summed E-state index contributed by atoms with van der Waals surface area (Å²) >= 11 is 15.7. The van der Waals surface area contributed by atoms with Crippen molar-refractivity contribution in [1.82, 2.24) is 5.32 Å². The third-order valence-corrected chi connectivity index (χ3v) is 7.85. The monoisotopic (exact) mass is 411 g/mol. The van der Waals surface area contributed by atoms with E-state index in [-0.39, 0.29) is 17.9 Å². The highest BCUT2D eigenvalue weighted by Crippen LogP contribution is 2.65. The Labute approximate surface area is 145 Å². The van der Waals surface area contributed by atoms with Crippen molar-refractivity contribution in [2.45, 2.75) is 29.0 Å². The maximum absolute atomic E-state index is 12.6. The summed E-state index contributed by atoms with van der Waals surface area (Å²) in [6.45, 7) is 3.61. The molecular formula is C14H16BrCl2NO2S. The number of halogens is 3. The second-order valence-corrected chi connectivity index (χ2v) is 9.13. The summed E-state index contributed by atoms with van der Waals surface area (Å²) in [6.07, 6.45) is 1.47. The Morgan fingerprint density at radius 3 is 2.24 bits per heavy atom. The van der Waals surface area contributed by atoms with Gasteiger partial charge in [0, 0.05) is 27.4 Å². The van der Waals surface area contributed by atoms with Crippen molar-refractivity contribution in [2.24, 2.45) is 5.92 Å². The number of amides is 1. The van der Waals surface area contributed by atoms with Crippen LogP contribution in [0.5, 0.6) is 0 Å². The number of carbonyl (C=O) groups excluding carboxylic acids is 1. The number of hydrogen-bond acceptors (Lipinski definition) is 2. The van der Waals surface area contributed by atoms with E-state index < -0.39 is 19.9 Å². The first-order valence-corrected chi connectivity index (χ1v) is 9.54. The van der Waals surface area contributed by atoms with Crippen molar-refractivity contribution in [2.75, 3.05) is 6.26 Å². The first kappa shape index (κ1) is 17.3. The molecule has 21 heavy (non-hydrogen) atoms. The summed E-state index contributed by atoms with van der Waals surface area (Å²) in [6, 6.07) is 7.41. The molecule has 0 aliphatic heterocycles. The summed E-state index contributed by atoms with van der Waals surface area (Å²) in [7, 11) is -1.45. The highest BCUT2D eigenvalue weighted by atomic mass is 79.9. The lowest BCUT2D eigenvalue weighted by atomic mass is 10.1. The van der Waals surface area contributed by atoms with E-state index in [1.54, 1.807) is 6.92 Å². The topological polar surface area (TPSA) is 46.2 Å². The second kappa shape index (κ2) is 5.84. The molecule has 116 valence electrons. The predicted octanol–water partition coefficient (Wildman–Crippen LogP) is 3.57. The first-order valence-electron chi connectivity index (χ1n) is 6.43. The van der Waals surface area contributed by atoms with E-state index in [4.69, 9.17) is 23.2 Å². The fourth-order valence-electron chi connectivity index (χ4n) is 2.60. The Kier molecular flexibility index (Phi) is 4.80. The predicted molar refractivity (Wildman–Crippen MR) is 91.1 cm³/mol. The minimum Gasteiger partial charge on any atom is -0.348 e. The van der Waals surface area contributed by atoms with Gasteiger partial charge in [-0.05, 0) is 24.6 Å². The molecule has 4 atom stereocenters. The third kappa shape index (κ3) is 2.67. The number of carbonyl (C=O) groups is 1. The molecule has 0 radical (unpaired) electrons. The highest BCUT2D eigenvalue weighted by Gasteiger charge is 2.81. The van der Waals surface area contributed by atoms with Crippen LogP contribution in [0.2, 0.25) is 0 Å². The quantitative estimate of drug-likeness (QED) is 0.768. The molecule has 1 amide bonds. The Morgan fingerprint density at radius 2 is 1.86 bits per heavy atom. The van der Waals surface area contributed by atoms with Crippen LogP contribution in [0.1, 0.15) is 25.5 Å². The molecule has 7 heteroatoms. The Bertz CT molecular complexity index is 593. The van der Waals surface area contributed by atoms with Gasteiger partial charge in [-0.2, -0.15) is 0 Å². The molecule has 0 heterocycles. The van der Waals surface area contributed by atoms with Gasteiger partial charge in [-0.25, -0.2) is 0 Å². The van der Waals surface area contributed by atoms with Crippen LogP contribution < -0.4 is 5.32 Å². The van der Waals surface area contributed by atoms with E-state index in [1.807, 2.05) is 31.2 Å². The lowest BCUT2D eigenvalue weighted by molar-refractivity contribution is -0.122. The van der Waals surface area contributed by atoms with Crippen molar-refractivity contribution in [1.29, 1.82) is 0 Å². The Hall–Kier alpha value is -0.100. The van der Waals surface area contributed by atoms with Gasteiger partial charge >= 0.3 is 0 Å². The van der Waals surface area contributed by atoms with Gasteiger partial charge in [0.15, 0.2) is 4.75 Å². The van der Waals surface area contributed by atoms with Crippen LogP contribution in [0.25, 0.3) is 0 Å². The molecule has 1 aromatic carbocycles. The van der Waals surface area contributed by atoms with E-state index in [2.05, 4.69) is 21.2 Å². The summed E-state index contributed by atoms with van der Waals surface area (Å²) in [5.74, 6) is -0.715. The SMILES string of the molecule is CC(NC(=O)C1(S(C)=O)C(C)C1(Cl)Cl)c1ccc(Br)cc1. The van der Waals surface area contributed by atoms with Crippen molar-refractivity contribution in [3.63, 3.8) is 0 Å². The number of rotatable bonds is 4. The fraction of sp³-hybridized carbons (Fsp3) is 0.500. The molecule has 0 aromatic heterocycles. The molecule has 1 aliphatic carbocycles. The molecule has 1 aromatic rings. The van der Waals surface area contributed by atoms with Crippen LogP contribution in [0.15, 0.2) is 28.7 Å². The zero-order chi connectivity index (χ0) is 16.0. The van der Waals surface area contributed by atoms with Gasteiger partial charge in [-0.15, -0.1) is 0 Å². The third-order valence-electron chi connectivity index (χ3n) is 4.07.